The van der Waals surface area contributed by atoms with Crippen molar-refractivity contribution in [3.8, 4) is 68.2 Å². The van der Waals surface area contributed by atoms with E-state index in [-0.39, 0.29) is 62.4 Å². The molecule has 0 aromatic heterocycles. The van der Waals surface area contributed by atoms with Crippen molar-refractivity contribution in [2.45, 2.75) is 13.8 Å². The van der Waals surface area contributed by atoms with Crippen molar-refractivity contribution in [2.24, 2.45) is 0 Å². The number of ketones is 2. The normalized spacial score (nSPS) is 10.2. The first-order chi connectivity index (χ1) is 24.7. The highest BCUT2D eigenvalue weighted by Gasteiger charge is 2.24. The highest BCUT2D eigenvalue weighted by molar-refractivity contribution is 6.00. The Bertz CT molecular complexity index is 2000. The average molecular weight is 721 g/mol. The fraction of sp³-hybridized carbons (Fsp3) is 0.263. The molecule has 0 aliphatic carbocycles. The van der Waals surface area contributed by atoms with Crippen molar-refractivity contribution in [3.05, 3.63) is 70.8 Å². The van der Waals surface area contributed by atoms with Gasteiger partial charge in [-0.05, 0) is 62.4 Å². The van der Waals surface area contributed by atoms with Crippen LogP contribution >= 0.6 is 0 Å². The van der Waals surface area contributed by atoms with E-state index < -0.39 is 11.9 Å². The number of phenolic OH excluding ortho intramolecular Hbond substituents is 2. The number of hydrogen-bond donors (Lipinski definition) is 2. The lowest BCUT2D eigenvalue weighted by Crippen LogP contribution is -2.05. The second kappa shape index (κ2) is 17.5. The number of esters is 2. The molecule has 0 saturated heterocycles. The molecule has 0 heterocycles. The van der Waals surface area contributed by atoms with Crippen LogP contribution < -0.4 is 28.4 Å². The maximum Gasteiger partial charge on any atom is 0.338 e. The van der Waals surface area contributed by atoms with Gasteiger partial charge < -0.3 is 48.1 Å². The van der Waals surface area contributed by atoms with Gasteiger partial charge in [0.15, 0.2) is 57.6 Å². The van der Waals surface area contributed by atoms with Crippen molar-refractivity contribution in [3.63, 3.8) is 0 Å². The number of benzene rings is 4. The van der Waals surface area contributed by atoms with Gasteiger partial charge in [-0.1, -0.05) is 0 Å². The Labute approximate surface area is 300 Å². The van der Waals surface area contributed by atoms with E-state index in [1.807, 2.05) is 0 Å². The van der Waals surface area contributed by atoms with E-state index in [1.165, 1.54) is 101 Å². The molecule has 0 aliphatic heterocycles. The molecule has 0 atom stereocenters. The van der Waals surface area contributed by atoms with Crippen LogP contribution in [0.4, 0.5) is 0 Å². The lowest BCUT2D eigenvalue weighted by Gasteiger charge is -2.19. The molecule has 0 amide bonds. The van der Waals surface area contributed by atoms with Crippen molar-refractivity contribution in [2.75, 3.05) is 56.9 Å². The van der Waals surface area contributed by atoms with Crippen molar-refractivity contribution in [1.29, 1.82) is 0 Å². The minimum atomic E-state index is -0.645. The number of carbonyl (C=O) groups excluding carboxylic acids is 4. The van der Waals surface area contributed by atoms with Crippen LogP contribution in [0, 0.1) is 0 Å². The Kier molecular flexibility index (Phi) is 13.4. The summed E-state index contributed by atoms with van der Waals surface area (Å²) in [5.41, 5.74) is 2.29. The third-order valence-corrected chi connectivity index (χ3v) is 7.78. The van der Waals surface area contributed by atoms with E-state index >= 15 is 0 Å². The summed E-state index contributed by atoms with van der Waals surface area (Å²) in [6.07, 6.45) is 0. The number of phenols is 2. The van der Waals surface area contributed by atoms with Crippen LogP contribution in [0.2, 0.25) is 0 Å². The molecule has 0 unspecified atom stereocenters. The molecule has 0 fully saturated rings. The molecule has 0 aliphatic rings. The van der Waals surface area contributed by atoms with Gasteiger partial charge in [-0.25, -0.2) is 9.59 Å². The number of hydrogen-bond acceptors (Lipinski definition) is 14. The monoisotopic (exact) mass is 720 g/mol. The van der Waals surface area contributed by atoms with E-state index in [4.69, 9.17) is 33.2 Å². The Hall–Kier alpha value is -6.44. The third kappa shape index (κ3) is 8.29. The molecule has 52 heavy (non-hydrogen) atoms. The summed E-state index contributed by atoms with van der Waals surface area (Å²) < 4.78 is 41.4. The molecule has 14 nitrogen and oxygen atoms in total. The van der Waals surface area contributed by atoms with Crippen LogP contribution in [0.15, 0.2) is 48.5 Å². The summed E-state index contributed by atoms with van der Waals surface area (Å²) >= 11 is 0. The molecule has 14 heteroatoms. The second-order valence-electron chi connectivity index (χ2n) is 10.8. The van der Waals surface area contributed by atoms with Crippen molar-refractivity contribution < 1.29 is 67.3 Å². The van der Waals surface area contributed by atoms with E-state index in [0.29, 0.717) is 39.7 Å². The quantitative estimate of drug-likeness (QED) is 0.126. The maximum atomic E-state index is 12.1. The molecule has 4 aromatic carbocycles. The van der Waals surface area contributed by atoms with Crippen molar-refractivity contribution in [1.82, 2.24) is 0 Å². The molecular formula is C38H40O14. The largest absolute Gasteiger partial charge is 0.504 e. The highest BCUT2D eigenvalue weighted by atomic mass is 16.5. The summed E-state index contributed by atoms with van der Waals surface area (Å²) in [4.78, 5) is 47.7. The summed E-state index contributed by atoms with van der Waals surface area (Å²) in [6.45, 7) is 2.81. The Morgan fingerprint density at radius 3 is 1.02 bits per heavy atom. The predicted octanol–water partition coefficient (Wildman–Crippen LogP) is 6.15. The van der Waals surface area contributed by atoms with Gasteiger partial charge in [-0.3, -0.25) is 9.59 Å². The van der Waals surface area contributed by atoms with Gasteiger partial charge in [-0.2, -0.15) is 0 Å². The molecule has 0 spiro atoms. The zero-order valence-corrected chi connectivity index (χ0v) is 30.4. The number of Topliss-reactive ketones (excluding diaryl/α,β-unsaturated/α-hetero) is 2. The topological polar surface area (TPSA) is 183 Å². The number of methoxy groups -OCH3 is 8. The van der Waals surface area contributed by atoms with E-state index in [1.54, 1.807) is 18.2 Å². The lowest BCUT2D eigenvalue weighted by molar-refractivity contribution is 0.0591. The average Bonchev–Trinajstić information content (AvgIpc) is 3.16. The van der Waals surface area contributed by atoms with Gasteiger partial charge in [0.05, 0.1) is 68.0 Å². The number of carbonyl (C=O) groups is 4. The van der Waals surface area contributed by atoms with Gasteiger partial charge >= 0.3 is 11.9 Å². The molecule has 0 bridgehead atoms. The van der Waals surface area contributed by atoms with E-state index in [9.17, 15) is 29.4 Å². The summed E-state index contributed by atoms with van der Waals surface area (Å²) in [6, 6.07) is 11.8. The van der Waals surface area contributed by atoms with Gasteiger partial charge in [-0.15, -0.1) is 0 Å². The molecule has 4 rings (SSSR count). The molecule has 2 N–H and O–H groups in total. The smallest absolute Gasteiger partial charge is 0.338 e. The van der Waals surface area contributed by atoms with Gasteiger partial charge in [0.1, 0.15) is 0 Å². The first-order valence-corrected chi connectivity index (χ1v) is 15.3. The highest BCUT2D eigenvalue weighted by Crippen LogP contribution is 2.47. The van der Waals surface area contributed by atoms with Gasteiger partial charge in [0.2, 0.25) is 0 Å². The van der Waals surface area contributed by atoms with Crippen LogP contribution in [-0.4, -0.2) is 90.6 Å². The summed E-state index contributed by atoms with van der Waals surface area (Å²) in [5.74, 6) is -0.596. The first-order valence-electron chi connectivity index (χ1n) is 15.3. The first kappa shape index (κ1) is 40.0. The fourth-order valence-electron chi connectivity index (χ4n) is 5.14. The van der Waals surface area contributed by atoms with E-state index in [2.05, 4.69) is 4.74 Å². The van der Waals surface area contributed by atoms with Crippen LogP contribution in [0.1, 0.15) is 55.3 Å². The molecular weight excluding hydrogens is 680 g/mol. The van der Waals surface area contributed by atoms with Crippen molar-refractivity contribution >= 4 is 23.5 Å². The fourth-order valence-corrected chi connectivity index (χ4v) is 5.14. The maximum absolute atomic E-state index is 12.1. The zero-order valence-electron chi connectivity index (χ0n) is 30.4. The number of rotatable bonds is 12. The van der Waals surface area contributed by atoms with Gasteiger partial charge in [0.25, 0.3) is 0 Å². The molecule has 0 radical (unpaired) electrons. The third-order valence-electron chi connectivity index (χ3n) is 7.78. The lowest BCUT2D eigenvalue weighted by atomic mass is 9.96. The zero-order chi connectivity index (χ0) is 38.9. The second-order valence-corrected chi connectivity index (χ2v) is 10.8. The predicted molar refractivity (Wildman–Crippen MR) is 189 cm³/mol. The number of aromatic hydroxyl groups is 2. The Morgan fingerprint density at radius 1 is 0.404 bits per heavy atom. The Morgan fingerprint density at radius 2 is 0.692 bits per heavy atom. The van der Waals surface area contributed by atoms with Crippen LogP contribution in [0.25, 0.3) is 22.3 Å². The summed E-state index contributed by atoms with van der Waals surface area (Å²) in [5, 5.41) is 20.8. The van der Waals surface area contributed by atoms with E-state index in [0.717, 1.165) is 0 Å². The van der Waals surface area contributed by atoms with Crippen LogP contribution in [0.5, 0.6) is 46.0 Å². The van der Waals surface area contributed by atoms with Crippen LogP contribution in [0.3, 0.4) is 0 Å². The minimum Gasteiger partial charge on any atom is -0.504 e. The SMILES string of the molecule is COC(=O)c1cc(OC)c(O)c(-c2cc(C(C)=O)cc(OC)c2O)c1.COC(=O)c1cc(OC)c(OC)c(-c2cc(C(C)=O)cc(OC)c2OC)c1. The minimum absolute atomic E-state index is 0.0181. The molecule has 4 aromatic rings. The Balaban J connectivity index is 0.000000281. The standard InChI is InChI=1S/C20H22O7.C18H18O7/c1-11(21)12-7-14(18(25-4)16(9-12)23-2)15-8-13(20(22)27-6)10-17(24-3)19(15)26-5;1-9(19)10-5-12(16(20)14(7-10)23-2)13-6-11(18(22)25-4)8-15(24-3)17(13)21/h7-10H,1-6H3;5-8,20-21H,1-4H3. The number of ether oxygens (including phenoxy) is 8. The summed E-state index contributed by atoms with van der Waals surface area (Å²) in [7, 11) is 11.1. The van der Waals surface area contributed by atoms with Gasteiger partial charge in [0, 0.05) is 33.4 Å². The van der Waals surface area contributed by atoms with Crippen LogP contribution in [-0.2, 0) is 9.47 Å². The molecule has 0 saturated carbocycles. The molecule has 276 valence electrons.